The number of hydrogen-bond acceptors (Lipinski definition) is 7. The van der Waals surface area contributed by atoms with Gasteiger partial charge in [-0.1, -0.05) is 13.8 Å². The molecule has 22 heavy (non-hydrogen) atoms. The molecule has 0 fully saturated rings. The van der Waals surface area contributed by atoms with Gasteiger partial charge < -0.3 is 8.92 Å². The van der Waals surface area contributed by atoms with Gasteiger partial charge in [0.05, 0.1) is 17.6 Å². The van der Waals surface area contributed by atoms with Crippen LogP contribution in [0.4, 0.5) is 0 Å². The Morgan fingerprint density at radius 3 is 2.64 bits per heavy atom. The summed E-state index contributed by atoms with van der Waals surface area (Å²) < 4.78 is 33.3. The number of aryl methyl sites for hydroxylation is 1. The Kier molecular flexibility index (Phi) is 4.15. The molecule has 0 radical (unpaired) electrons. The van der Waals surface area contributed by atoms with Crippen LogP contribution in [0.15, 0.2) is 11.0 Å². The Balaban J connectivity index is 2.78. The van der Waals surface area contributed by atoms with Gasteiger partial charge in [-0.25, -0.2) is 0 Å². The maximum Gasteiger partial charge on any atom is 0.312 e. The average Bonchev–Trinajstić information content (AvgIpc) is 2.30. The molecular weight excluding hydrogens is 326 g/mol. The first-order valence-electron chi connectivity index (χ1n) is 6.39. The molecule has 2 rings (SSSR count). The molecule has 1 aromatic rings. The lowest BCUT2D eigenvalue weighted by Crippen LogP contribution is -2.31. The number of benzene rings is 1. The van der Waals surface area contributed by atoms with Crippen LogP contribution in [-0.2, 0) is 20.3 Å². The van der Waals surface area contributed by atoms with E-state index in [9.17, 15) is 13.2 Å². The summed E-state index contributed by atoms with van der Waals surface area (Å²) in [6, 6.07) is 1.57. The van der Waals surface area contributed by atoms with E-state index in [1.165, 1.54) is 0 Å². The van der Waals surface area contributed by atoms with Crippen molar-refractivity contribution in [3.63, 3.8) is 0 Å². The molecule has 118 valence electrons. The molecule has 0 bridgehead atoms. The zero-order chi connectivity index (χ0) is 16.7. The van der Waals surface area contributed by atoms with Crippen LogP contribution in [-0.4, -0.2) is 20.6 Å². The summed E-state index contributed by atoms with van der Waals surface area (Å²) in [5.74, 6) is 0.0952. The Morgan fingerprint density at radius 1 is 1.45 bits per heavy atom. The maximum absolute atomic E-state index is 11.7. The van der Waals surface area contributed by atoms with Crippen molar-refractivity contribution < 1.29 is 22.1 Å². The van der Waals surface area contributed by atoms with Gasteiger partial charge in [-0.3, -0.25) is 4.79 Å². The van der Waals surface area contributed by atoms with Gasteiger partial charge in [0.25, 0.3) is 0 Å². The van der Waals surface area contributed by atoms with E-state index in [0.717, 1.165) is 18.0 Å². The van der Waals surface area contributed by atoms with E-state index in [4.69, 9.17) is 14.2 Å². The van der Waals surface area contributed by atoms with E-state index in [-0.39, 0.29) is 18.1 Å². The Bertz CT molecular complexity index is 790. The van der Waals surface area contributed by atoms with Crippen LogP contribution in [0.1, 0.15) is 31.4 Å². The van der Waals surface area contributed by atoms with Crippen LogP contribution in [0, 0.1) is 17.6 Å². The lowest BCUT2D eigenvalue weighted by molar-refractivity contribution is -0.137. The van der Waals surface area contributed by atoms with Gasteiger partial charge in [0.1, 0.15) is 11.2 Å². The van der Waals surface area contributed by atoms with E-state index in [1.54, 1.807) is 13.0 Å². The van der Waals surface area contributed by atoms with Gasteiger partial charge >= 0.3 is 16.1 Å². The van der Waals surface area contributed by atoms with Gasteiger partial charge in [0, 0.05) is 11.0 Å². The molecule has 1 heterocycles. The number of carbonyl (C=O) groups is 1. The van der Waals surface area contributed by atoms with Gasteiger partial charge in [0.15, 0.2) is 5.75 Å². The minimum Gasteiger partial charge on any atom is -0.426 e. The third kappa shape index (κ3) is 3.20. The first-order chi connectivity index (χ1) is 10.0. The summed E-state index contributed by atoms with van der Waals surface area (Å²) in [5.41, 5.74) is 0.503. The smallest absolute Gasteiger partial charge is 0.312 e. The van der Waals surface area contributed by atoms with Gasteiger partial charge in [-0.05, 0) is 30.3 Å². The lowest BCUT2D eigenvalue weighted by atomic mass is 9.79. The summed E-state index contributed by atoms with van der Waals surface area (Å²) in [6.07, 6.45) is 1.08. The number of ether oxygens (including phenoxy) is 1. The van der Waals surface area contributed by atoms with Gasteiger partial charge in [-0.15, -0.1) is 0 Å². The molecule has 0 saturated heterocycles. The van der Waals surface area contributed by atoms with Gasteiger partial charge in [-0.2, -0.15) is 13.7 Å². The molecule has 0 unspecified atom stereocenters. The molecule has 0 N–H and O–H groups in total. The minimum atomic E-state index is -3.75. The highest BCUT2D eigenvalue weighted by molar-refractivity contribution is 8.03. The number of esters is 1. The molecule has 6 nitrogen and oxygen atoms in total. The van der Waals surface area contributed by atoms with Crippen molar-refractivity contribution in [2.45, 2.75) is 37.5 Å². The second kappa shape index (κ2) is 5.48. The SMILES string of the molecule is Cc1cc2c(c(SC#N)c1OS(C)(=O)=O)C(C)(C)CC(=O)O2. The number of carbonyl (C=O) groups excluding carboxylic acids is 1. The largest absolute Gasteiger partial charge is 0.426 e. The number of fused-ring (bicyclic) bond motifs is 1. The van der Waals surface area contributed by atoms with Crippen LogP contribution in [0.25, 0.3) is 0 Å². The predicted octanol–water partition coefficient (Wildman–Crippen LogP) is 2.49. The Hall–Kier alpha value is -1.72. The van der Waals surface area contributed by atoms with Crippen molar-refractivity contribution in [1.29, 1.82) is 5.26 Å². The van der Waals surface area contributed by atoms with Gasteiger partial charge in [0.2, 0.25) is 0 Å². The Morgan fingerprint density at radius 2 is 2.09 bits per heavy atom. The molecule has 0 aromatic heterocycles. The van der Waals surface area contributed by atoms with E-state index in [1.807, 2.05) is 19.2 Å². The molecule has 0 atom stereocenters. The highest BCUT2D eigenvalue weighted by Gasteiger charge is 2.38. The van der Waals surface area contributed by atoms with Crippen molar-refractivity contribution in [1.82, 2.24) is 0 Å². The molecule has 0 saturated carbocycles. The predicted molar refractivity (Wildman–Crippen MR) is 81.4 cm³/mol. The zero-order valence-electron chi connectivity index (χ0n) is 12.6. The fourth-order valence-corrected chi connectivity index (χ4v) is 3.90. The van der Waals surface area contributed by atoms with E-state index in [0.29, 0.717) is 21.8 Å². The second-order valence-electron chi connectivity index (χ2n) is 5.74. The fraction of sp³-hybridized carbons (Fsp3) is 0.429. The van der Waals surface area contributed by atoms with Crippen LogP contribution in [0.2, 0.25) is 0 Å². The zero-order valence-corrected chi connectivity index (χ0v) is 14.2. The highest BCUT2D eigenvalue weighted by atomic mass is 32.2. The summed E-state index contributed by atoms with van der Waals surface area (Å²) >= 11 is 0.800. The van der Waals surface area contributed by atoms with Crippen LogP contribution in [0.5, 0.6) is 11.5 Å². The van der Waals surface area contributed by atoms with Crippen molar-refractivity contribution >= 4 is 27.8 Å². The number of nitriles is 1. The fourth-order valence-electron chi connectivity index (χ4n) is 2.47. The molecule has 8 heteroatoms. The number of hydrogen-bond donors (Lipinski definition) is 0. The molecule has 0 aliphatic carbocycles. The third-order valence-electron chi connectivity index (χ3n) is 3.25. The summed E-state index contributed by atoms with van der Waals surface area (Å²) in [4.78, 5) is 12.1. The van der Waals surface area contributed by atoms with Crippen LogP contribution < -0.4 is 8.92 Å². The minimum absolute atomic E-state index is 0.110. The normalized spacial score (nSPS) is 16.4. The third-order valence-corrected chi connectivity index (χ3v) is 4.41. The van der Waals surface area contributed by atoms with Crippen LogP contribution >= 0.6 is 11.8 Å². The number of rotatable bonds is 3. The van der Waals surface area contributed by atoms with Crippen molar-refractivity contribution in [2.24, 2.45) is 0 Å². The van der Waals surface area contributed by atoms with E-state index in [2.05, 4.69) is 0 Å². The summed E-state index contributed by atoms with van der Waals surface area (Å²) in [5, 5.41) is 11.0. The first kappa shape index (κ1) is 16.6. The molecule has 1 aromatic carbocycles. The second-order valence-corrected chi connectivity index (χ2v) is 8.11. The van der Waals surface area contributed by atoms with Crippen molar-refractivity contribution in [2.75, 3.05) is 6.26 Å². The number of thioether (sulfide) groups is 1. The maximum atomic E-state index is 11.7. The van der Waals surface area contributed by atoms with E-state index < -0.39 is 15.5 Å². The van der Waals surface area contributed by atoms with E-state index >= 15 is 0 Å². The molecule has 1 aliphatic heterocycles. The average molecular weight is 341 g/mol. The quantitative estimate of drug-likeness (QED) is 0.274. The summed E-state index contributed by atoms with van der Waals surface area (Å²) in [6.45, 7) is 5.32. The van der Waals surface area contributed by atoms with Crippen molar-refractivity contribution in [3.05, 3.63) is 17.2 Å². The molecular formula is C14H15NO5S2. The van der Waals surface area contributed by atoms with Crippen molar-refractivity contribution in [3.8, 4) is 16.9 Å². The highest BCUT2D eigenvalue weighted by Crippen LogP contribution is 2.49. The number of nitrogens with zero attached hydrogens (tertiary/aromatic N) is 1. The Labute approximate surface area is 133 Å². The standard InChI is InChI=1S/C14H15NO5S2/c1-8-5-9-11(14(2,3)6-10(16)19-9)13(21-7-15)12(8)20-22(4,17)18/h5H,6H2,1-4H3. The number of thiocyanates is 1. The molecule has 0 spiro atoms. The molecule has 1 aliphatic rings. The summed E-state index contributed by atoms with van der Waals surface area (Å²) in [7, 11) is -3.75. The van der Waals surface area contributed by atoms with Crippen LogP contribution in [0.3, 0.4) is 0 Å². The lowest BCUT2D eigenvalue weighted by Gasteiger charge is -2.33. The monoisotopic (exact) mass is 341 g/mol. The molecule has 0 amide bonds. The first-order valence-corrected chi connectivity index (χ1v) is 9.02. The topological polar surface area (TPSA) is 93.5 Å².